The standard InChI is InChI=1S/C15H16O/c1-3-13-11-15(10-9-12(13)2)16-14-7-5-4-6-8-14/h4-11H,3H2,1-2H3. The maximum atomic E-state index is 5.78. The average Bonchev–Trinajstić information content (AvgIpc) is 2.33. The summed E-state index contributed by atoms with van der Waals surface area (Å²) in [4.78, 5) is 0. The van der Waals surface area contributed by atoms with Gasteiger partial charge >= 0.3 is 0 Å². The molecule has 0 aromatic heterocycles. The largest absolute Gasteiger partial charge is 0.457 e. The van der Waals surface area contributed by atoms with Crippen LogP contribution < -0.4 is 4.74 Å². The third kappa shape index (κ3) is 2.43. The summed E-state index contributed by atoms with van der Waals surface area (Å²) < 4.78 is 5.78. The molecule has 0 radical (unpaired) electrons. The van der Waals surface area contributed by atoms with Gasteiger partial charge in [0.2, 0.25) is 0 Å². The molecule has 16 heavy (non-hydrogen) atoms. The van der Waals surface area contributed by atoms with E-state index in [9.17, 15) is 0 Å². The van der Waals surface area contributed by atoms with E-state index in [1.54, 1.807) is 0 Å². The van der Waals surface area contributed by atoms with Gasteiger partial charge in [0.05, 0.1) is 0 Å². The third-order valence-electron chi connectivity index (χ3n) is 2.68. The Balaban J connectivity index is 2.22. The lowest BCUT2D eigenvalue weighted by molar-refractivity contribution is 0.482. The Labute approximate surface area is 96.7 Å². The highest BCUT2D eigenvalue weighted by Gasteiger charge is 2.00. The summed E-state index contributed by atoms with van der Waals surface area (Å²) in [7, 11) is 0. The van der Waals surface area contributed by atoms with Crippen molar-refractivity contribution < 1.29 is 4.74 Å². The summed E-state index contributed by atoms with van der Waals surface area (Å²) in [6.07, 6.45) is 1.04. The molecule has 0 amide bonds. The first-order valence-electron chi connectivity index (χ1n) is 5.62. The van der Waals surface area contributed by atoms with Crippen molar-refractivity contribution in [1.82, 2.24) is 0 Å². The molecule has 0 aliphatic heterocycles. The lowest BCUT2D eigenvalue weighted by Gasteiger charge is -2.08. The van der Waals surface area contributed by atoms with E-state index in [0.717, 1.165) is 17.9 Å². The van der Waals surface area contributed by atoms with Gasteiger partial charge in [-0.2, -0.15) is 0 Å². The van der Waals surface area contributed by atoms with Crippen LogP contribution in [0.5, 0.6) is 11.5 Å². The molecule has 0 spiro atoms. The van der Waals surface area contributed by atoms with Crippen LogP contribution in [0, 0.1) is 6.92 Å². The number of ether oxygens (including phenoxy) is 1. The minimum atomic E-state index is 0.883. The van der Waals surface area contributed by atoms with E-state index in [1.165, 1.54) is 11.1 Å². The van der Waals surface area contributed by atoms with Gasteiger partial charge in [0.15, 0.2) is 0 Å². The molecule has 82 valence electrons. The smallest absolute Gasteiger partial charge is 0.127 e. The molecule has 0 aliphatic rings. The molecule has 2 rings (SSSR count). The van der Waals surface area contributed by atoms with E-state index in [-0.39, 0.29) is 0 Å². The van der Waals surface area contributed by atoms with Crippen molar-refractivity contribution in [3.05, 3.63) is 59.7 Å². The highest BCUT2D eigenvalue weighted by atomic mass is 16.5. The van der Waals surface area contributed by atoms with Crippen LogP contribution >= 0.6 is 0 Å². The average molecular weight is 212 g/mol. The van der Waals surface area contributed by atoms with Gasteiger partial charge in [0, 0.05) is 0 Å². The number of para-hydroxylation sites is 1. The fraction of sp³-hybridized carbons (Fsp3) is 0.200. The van der Waals surface area contributed by atoms with Crippen LogP contribution in [0.25, 0.3) is 0 Å². The van der Waals surface area contributed by atoms with Crippen molar-refractivity contribution in [2.75, 3.05) is 0 Å². The van der Waals surface area contributed by atoms with Gasteiger partial charge < -0.3 is 4.74 Å². The van der Waals surface area contributed by atoms with Crippen molar-refractivity contribution in [3.8, 4) is 11.5 Å². The second kappa shape index (κ2) is 4.84. The summed E-state index contributed by atoms with van der Waals surface area (Å²) in [5.41, 5.74) is 2.66. The molecule has 0 N–H and O–H groups in total. The molecule has 0 bridgehead atoms. The van der Waals surface area contributed by atoms with Crippen LogP contribution in [-0.4, -0.2) is 0 Å². The summed E-state index contributed by atoms with van der Waals surface area (Å²) >= 11 is 0. The molecule has 0 fully saturated rings. The molecule has 2 aromatic rings. The molecule has 2 aromatic carbocycles. The van der Waals surface area contributed by atoms with Crippen molar-refractivity contribution >= 4 is 0 Å². The molecular weight excluding hydrogens is 196 g/mol. The fourth-order valence-corrected chi connectivity index (χ4v) is 1.72. The van der Waals surface area contributed by atoms with Crippen molar-refractivity contribution in [2.24, 2.45) is 0 Å². The number of benzene rings is 2. The van der Waals surface area contributed by atoms with E-state index >= 15 is 0 Å². The Hall–Kier alpha value is -1.76. The topological polar surface area (TPSA) is 9.23 Å². The molecule has 0 saturated heterocycles. The Bertz CT molecular complexity index is 460. The first-order chi connectivity index (χ1) is 7.79. The van der Waals surface area contributed by atoms with Crippen molar-refractivity contribution in [2.45, 2.75) is 20.3 Å². The number of rotatable bonds is 3. The highest BCUT2D eigenvalue weighted by Crippen LogP contribution is 2.23. The van der Waals surface area contributed by atoms with Gasteiger partial charge in [-0.15, -0.1) is 0 Å². The quantitative estimate of drug-likeness (QED) is 0.735. The Morgan fingerprint density at radius 2 is 1.69 bits per heavy atom. The molecule has 0 saturated carbocycles. The first kappa shape index (κ1) is 10.7. The maximum absolute atomic E-state index is 5.78. The maximum Gasteiger partial charge on any atom is 0.127 e. The van der Waals surface area contributed by atoms with E-state index in [4.69, 9.17) is 4.74 Å². The summed E-state index contributed by atoms with van der Waals surface area (Å²) in [5, 5.41) is 0. The van der Waals surface area contributed by atoms with Gasteiger partial charge in [-0.25, -0.2) is 0 Å². The number of hydrogen-bond acceptors (Lipinski definition) is 1. The van der Waals surface area contributed by atoms with Crippen LogP contribution in [0.2, 0.25) is 0 Å². The lowest BCUT2D eigenvalue weighted by atomic mass is 10.1. The van der Waals surface area contributed by atoms with E-state index < -0.39 is 0 Å². The van der Waals surface area contributed by atoms with Crippen LogP contribution in [0.1, 0.15) is 18.1 Å². The molecule has 1 heteroatoms. The zero-order chi connectivity index (χ0) is 11.4. The second-order valence-corrected chi connectivity index (χ2v) is 3.86. The number of hydrogen-bond donors (Lipinski definition) is 0. The zero-order valence-corrected chi connectivity index (χ0v) is 9.73. The minimum absolute atomic E-state index is 0.883. The van der Waals surface area contributed by atoms with Crippen molar-refractivity contribution in [3.63, 3.8) is 0 Å². The summed E-state index contributed by atoms with van der Waals surface area (Å²) in [6.45, 7) is 4.29. The summed E-state index contributed by atoms with van der Waals surface area (Å²) in [5.74, 6) is 1.79. The van der Waals surface area contributed by atoms with Crippen LogP contribution in [0.3, 0.4) is 0 Å². The zero-order valence-electron chi connectivity index (χ0n) is 9.73. The Kier molecular flexibility index (Phi) is 3.25. The van der Waals surface area contributed by atoms with E-state index in [2.05, 4.69) is 26.0 Å². The Morgan fingerprint density at radius 1 is 0.938 bits per heavy atom. The van der Waals surface area contributed by atoms with Crippen LogP contribution in [0.4, 0.5) is 0 Å². The van der Waals surface area contributed by atoms with Crippen molar-refractivity contribution in [1.29, 1.82) is 0 Å². The molecule has 0 unspecified atom stereocenters. The molecule has 1 nitrogen and oxygen atoms in total. The monoisotopic (exact) mass is 212 g/mol. The molecule has 0 aliphatic carbocycles. The first-order valence-corrected chi connectivity index (χ1v) is 5.62. The second-order valence-electron chi connectivity index (χ2n) is 3.86. The van der Waals surface area contributed by atoms with E-state index in [1.807, 2.05) is 36.4 Å². The van der Waals surface area contributed by atoms with Gasteiger partial charge in [-0.05, 0) is 48.7 Å². The predicted molar refractivity (Wildman–Crippen MR) is 67.1 cm³/mol. The van der Waals surface area contributed by atoms with Gasteiger partial charge in [0.1, 0.15) is 11.5 Å². The van der Waals surface area contributed by atoms with Crippen LogP contribution in [-0.2, 0) is 6.42 Å². The highest BCUT2D eigenvalue weighted by molar-refractivity contribution is 5.37. The van der Waals surface area contributed by atoms with E-state index in [0.29, 0.717) is 0 Å². The SMILES string of the molecule is CCc1cc(Oc2ccccc2)ccc1C. The van der Waals surface area contributed by atoms with Crippen LogP contribution in [0.15, 0.2) is 48.5 Å². The van der Waals surface area contributed by atoms with Gasteiger partial charge in [-0.1, -0.05) is 31.2 Å². The molecular formula is C15H16O. The Morgan fingerprint density at radius 3 is 2.38 bits per heavy atom. The summed E-state index contributed by atoms with van der Waals surface area (Å²) in [6, 6.07) is 16.1. The minimum Gasteiger partial charge on any atom is -0.457 e. The lowest BCUT2D eigenvalue weighted by Crippen LogP contribution is -1.89. The number of aryl methyl sites for hydroxylation is 2. The third-order valence-corrected chi connectivity index (χ3v) is 2.68. The van der Waals surface area contributed by atoms with Gasteiger partial charge in [0.25, 0.3) is 0 Å². The molecule has 0 atom stereocenters. The van der Waals surface area contributed by atoms with Gasteiger partial charge in [-0.3, -0.25) is 0 Å². The molecule has 0 heterocycles. The normalized spacial score (nSPS) is 10.1. The predicted octanol–water partition coefficient (Wildman–Crippen LogP) is 4.35. The fourth-order valence-electron chi connectivity index (χ4n) is 1.72.